The van der Waals surface area contributed by atoms with Gasteiger partial charge in [-0.3, -0.25) is 20.2 Å². The van der Waals surface area contributed by atoms with Crippen molar-refractivity contribution in [3.05, 3.63) is 68.8 Å². The van der Waals surface area contributed by atoms with Gasteiger partial charge in [0.15, 0.2) is 0 Å². The first-order chi connectivity index (χ1) is 22.4. The number of para-hydroxylation sites is 4. The van der Waals surface area contributed by atoms with Crippen LogP contribution in [-0.2, 0) is 28.4 Å². The van der Waals surface area contributed by atoms with Crippen molar-refractivity contribution < 1.29 is 38.3 Å². The van der Waals surface area contributed by atoms with Gasteiger partial charge in [-0.1, -0.05) is 49.9 Å². The smallest absolute Gasteiger partial charge is 0.292 e. The number of fused-ring (bicyclic) bond motifs is 2. The molecule has 14 nitrogen and oxygen atoms in total. The lowest BCUT2D eigenvalue weighted by molar-refractivity contribution is -0.384. The minimum Gasteiger partial charge on any atom is -0.393 e. The van der Waals surface area contributed by atoms with Gasteiger partial charge in [0.25, 0.3) is 11.4 Å². The molecule has 14 heteroatoms. The van der Waals surface area contributed by atoms with Crippen LogP contribution < -0.4 is 11.5 Å². The molecule has 1 saturated heterocycles. The Morgan fingerprint density at radius 3 is 1.02 bits per heavy atom. The highest BCUT2D eigenvalue weighted by Gasteiger charge is 2.28. The topological polar surface area (TPSA) is 194 Å². The molecule has 1 heterocycles. The highest BCUT2D eigenvalue weighted by atomic mass is 16.6. The zero-order valence-electron chi connectivity index (χ0n) is 26.4. The van der Waals surface area contributed by atoms with E-state index in [1.807, 2.05) is 0 Å². The Balaban J connectivity index is 0.000000235. The van der Waals surface area contributed by atoms with Crippen LogP contribution in [0.3, 0.4) is 0 Å². The summed E-state index contributed by atoms with van der Waals surface area (Å²) in [6, 6.07) is 12.2. The summed E-state index contributed by atoms with van der Waals surface area (Å²) >= 11 is 0. The van der Waals surface area contributed by atoms with Gasteiger partial charge in [0.2, 0.25) is 0 Å². The molecular formula is C32H48N4O10. The van der Waals surface area contributed by atoms with E-state index in [1.165, 1.54) is 49.9 Å². The second-order valence-corrected chi connectivity index (χ2v) is 11.1. The maximum Gasteiger partial charge on any atom is 0.292 e. The third kappa shape index (κ3) is 13.5. The fourth-order valence-corrected chi connectivity index (χ4v) is 5.43. The molecule has 1 aliphatic heterocycles. The molecule has 256 valence electrons. The van der Waals surface area contributed by atoms with Crippen LogP contribution in [0.5, 0.6) is 0 Å². The number of benzene rings is 2. The average molecular weight is 649 g/mol. The average Bonchev–Trinajstić information content (AvgIpc) is 3.05. The highest BCUT2D eigenvalue weighted by molar-refractivity contribution is 5.57. The summed E-state index contributed by atoms with van der Waals surface area (Å²) in [5.74, 6) is 0. The number of nitro groups is 2. The molecule has 2 saturated carbocycles. The molecule has 0 aromatic heterocycles. The summed E-state index contributed by atoms with van der Waals surface area (Å²) in [6.45, 7) is 4.93. The molecule has 0 spiro atoms. The van der Waals surface area contributed by atoms with Crippen LogP contribution in [0.2, 0.25) is 0 Å². The van der Waals surface area contributed by atoms with Crippen LogP contribution in [-0.4, -0.2) is 87.1 Å². The lowest BCUT2D eigenvalue weighted by Crippen LogP contribution is -2.37. The largest absolute Gasteiger partial charge is 0.393 e. The highest BCUT2D eigenvalue weighted by Crippen LogP contribution is 2.25. The van der Waals surface area contributed by atoms with Crippen LogP contribution in [0.1, 0.15) is 51.4 Å². The van der Waals surface area contributed by atoms with Gasteiger partial charge < -0.3 is 39.9 Å². The van der Waals surface area contributed by atoms with E-state index in [0.717, 1.165) is 25.7 Å². The maximum absolute atomic E-state index is 10.1. The van der Waals surface area contributed by atoms with Gasteiger partial charge >= 0.3 is 0 Å². The minimum absolute atomic E-state index is 0.0394. The number of hydrogen-bond donors (Lipinski definition) is 2. The van der Waals surface area contributed by atoms with E-state index in [0.29, 0.717) is 52.9 Å². The monoisotopic (exact) mass is 648 g/mol. The van der Waals surface area contributed by atoms with Crippen molar-refractivity contribution in [2.75, 3.05) is 64.3 Å². The number of nitro benzene ring substituents is 2. The zero-order chi connectivity index (χ0) is 33.0. The van der Waals surface area contributed by atoms with E-state index in [2.05, 4.69) is 0 Å². The standard InChI is InChI=1S/C20H36O6.2C6H6N2O2/c1-2-6-18-17(5-1)23-13-9-21-11-15-25-19-7-3-4-8-20(19)26-16-12-22-10-14-24-18;2*7-5-3-1-2-4-6(5)8(9)10/h17-20H,1-16H2;2*1-4H,7H2. The Kier molecular flexibility index (Phi) is 17.2. The van der Waals surface area contributed by atoms with Crippen molar-refractivity contribution in [1.82, 2.24) is 0 Å². The predicted molar refractivity (Wildman–Crippen MR) is 173 cm³/mol. The zero-order valence-corrected chi connectivity index (χ0v) is 26.4. The van der Waals surface area contributed by atoms with Crippen molar-refractivity contribution in [2.24, 2.45) is 0 Å². The Bertz CT molecular complexity index is 1050. The molecule has 2 aromatic carbocycles. The SMILES string of the molecule is C1CCC2OCCOCCOC3CCCCC3OCCOCCOC2C1.Nc1ccccc1[N+](=O)[O-].Nc1ccccc1[N+](=O)[O-]. The number of nitrogens with two attached hydrogens (primary N) is 2. The Morgan fingerprint density at radius 2 is 0.783 bits per heavy atom. The summed E-state index contributed by atoms with van der Waals surface area (Å²) in [4.78, 5) is 19.3. The fraction of sp³-hybridized carbons (Fsp3) is 0.625. The molecule has 3 aliphatic rings. The molecule has 0 amide bonds. The lowest BCUT2D eigenvalue weighted by atomic mass is 9.94. The van der Waals surface area contributed by atoms with Gasteiger partial charge in [-0.2, -0.15) is 0 Å². The number of nitrogen functional groups attached to an aromatic ring is 2. The molecule has 2 aliphatic carbocycles. The third-order valence-corrected chi connectivity index (χ3v) is 7.79. The van der Waals surface area contributed by atoms with Gasteiger partial charge in [-0.05, 0) is 37.8 Å². The summed E-state index contributed by atoms with van der Waals surface area (Å²) in [6.07, 6.45) is 9.93. The predicted octanol–water partition coefficient (Wildman–Crippen LogP) is 5.08. The quantitative estimate of drug-likeness (QED) is 0.250. The number of hydrogen-bond acceptors (Lipinski definition) is 12. The lowest BCUT2D eigenvalue weighted by Gasteiger charge is -2.32. The molecule has 2 aromatic rings. The molecule has 0 radical (unpaired) electrons. The Morgan fingerprint density at radius 1 is 0.500 bits per heavy atom. The number of rotatable bonds is 2. The van der Waals surface area contributed by atoms with Gasteiger partial charge in [0.05, 0.1) is 87.1 Å². The number of ether oxygens (including phenoxy) is 6. The Hall–Kier alpha value is -3.40. The van der Waals surface area contributed by atoms with E-state index in [9.17, 15) is 20.2 Å². The van der Waals surface area contributed by atoms with Crippen molar-refractivity contribution in [1.29, 1.82) is 0 Å². The molecular weight excluding hydrogens is 600 g/mol. The first-order valence-electron chi connectivity index (χ1n) is 16.0. The summed E-state index contributed by atoms with van der Waals surface area (Å²) < 4.78 is 35.5. The van der Waals surface area contributed by atoms with Crippen LogP contribution in [0.25, 0.3) is 0 Å². The van der Waals surface area contributed by atoms with Crippen LogP contribution in [0.15, 0.2) is 48.5 Å². The van der Waals surface area contributed by atoms with Crippen LogP contribution >= 0.6 is 0 Å². The van der Waals surface area contributed by atoms with Crippen LogP contribution in [0, 0.1) is 20.2 Å². The van der Waals surface area contributed by atoms with Crippen LogP contribution in [0.4, 0.5) is 22.7 Å². The molecule has 4 atom stereocenters. The molecule has 4 N–H and O–H groups in total. The molecule has 5 rings (SSSR count). The van der Waals surface area contributed by atoms with E-state index >= 15 is 0 Å². The van der Waals surface area contributed by atoms with E-state index in [1.54, 1.807) is 24.3 Å². The number of anilines is 2. The van der Waals surface area contributed by atoms with Gasteiger partial charge in [0, 0.05) is 12.1 Å². The summed E-state index contributed by atoms with van der Waals surface area (Å²) in [7, 11) is 0. The third-order valence-electron chi connectivity index (χ3n) is 7.79. The normalized spacial score (nSPS) is 24.9. The molecule has 3 fully saturated rings. The molecule has 0 bridgehead atoms. The van der Waals surface area contributed by atoms with Gasteiger partial charge in [-0.25, -0.2) is 0 Å². The van der Waals surface area contributed by atoms with Crippen molar-refractivity contribution in [3.8, 4) is 0 Å². The minimum atomic E-state index is -0.505. The summed E-state index contributed by atoms with van der Waals surface area (Å²) in [5, 5.41) is 20.3. The first-order valence-corrected chi connectivity index (χ1v) is 16.0. The van der Waals surface area contributed by atoms with Gasteiger partial charge in [-0.15, -0.1) is 0 Å². The summed E-state index contributed by atoms with van der Waals surface area (Å²) in [5.41, 5.74) is 10.9. The van der Waals surface area contributed by atoms with Gasteiger partial charge in [0.1, 0.15) is 11.4 Å². The second-order valence-electron chi connectivity index (χ2n) is 11.1. The number of nitrogens with zero attached hydrogens (tertiary/aromatic N) is 2. The first kappa shape index (κ1) is 37.1. The van der Waals surface area contributed by atoms with Crippen molar-refractivity contribution in [2.45, 2.75) is 75.8 Å². The Labute approximate surface area is 269 Å². The van der Waals surface area contributed by atoms with E-state index in [-0.39, 0.29) is 47.2 Å². The van der Waals surface area contributed by atoms with E-state index in [4.69, 9.17) is 39.9 Å². The second kappa shape index (κ2) is 21.4. The van der Waals surface area contributed by atoms with Crippen molar-refractivity contribution in [3.63, 3.8) is 0 Å². The maximum atomic E-state index is 10.1. The van der Waals surface area contributed by atoms with E-state index < -0.39 is 9.85 Å². The molecule has 4 unspecified atom stereocenters. The van der Waals surface area contributed by atoms with Crippen molar-refractivity contribution >= 4 is 22.7 Å². The molecule has 46 heavy (non-hydrogen) atoms. The fourth-order valence-electron chi connectivity index (χ4n) is 5.43.